The van der Waals surface area contributed by atoms with E-state index in [2.05, 4.69) is 4.72 Å². The molecule has 1 fully saturated rings. The fraction of sp³-hybridized carbons (Fsp3) is 0.316. The van der Waals surface area contributed by atoms with Gasteiger partial charge in [-0.1, -0.05) is 47.5 Å². The molecule has 0 aromatic heterocycles. The molecule has 2 aromatic rings. The first-order valence-corrected chi connectivity index (χ1v) is 12.9. The van der Waals surface area contributed by atoms with Crippen molar-refractivity contribution in [3.05, 3.63) is 58.6 Å². The number of carbonyl (C=O) groups excluding carboxylic acids is 1. The van der Waals surface area contributed by atoms with Crippen LogP contribution >= 0.6 is 23.2 Å². The van der Waals surface area contributed by atoms with E-state index < -0.39 is 37.6 Å². The van der Waals surface area contributed by atoms with Gasteiger partial charge in [-0.15, -0.1) is 0 Å². The number of rotatable bonds is 6. The minimum Gasteiger partial charge on any atom is -0.341 e. The number of amides is 1. The lowest BCUT2D eigenvalue weighted by atomic mass is 10.1. The summed E-state index contributed by atoms with van der Waals surface area (Å²) in [5, 5.41) is -0.675. The lowest BCUT2D eigenvalue weighted by molar-refractivity contribution is -0.130. The highest BCUT2D eigenvalue weighted by Gasteiger charge is 2.33. The molecule has 1 amide bonds. The summed E-state index contributed by atoms with van der Waals surface area (Å²) in [7, 11) is -7.55. The van der Waals surface area contributed by atoms with Gasteiger partial charge in [0, 0.05) is 13.1 Å². The Labute approximate surface area is 186 Å². The van der Waals surface area contributed by atoms with Gasteiger partial charge in [-0.2, -0.15) is 0 Å². The summed E-state index contributed by atoms with van der Waals surface area (Å²) in [4.78, 5) is 13.9. The van der Waals surface area contributed by atoms with Crippen molar-refractivity contribution >= 4 is 49.0 Å². The van der Waals surface area contributed by atoms with E-state index in [1.165, 1.54) is 23.1 Å². The van der Waals surface area contributed by atoms with Gasteiger partial charge in [0.2, 0.25) is 15.9 Å². The number of benzene rings is 2. The fourth-order valence-corrected chi connectivity index (χ4v) is 7.17. The van der Waals surface area contributed by atoms with Crippen LogP contribution in [0.5, 0.6) is 0 Å². The zero-order chi connectivity index (χ0) is 21.9. The number of sulfonamides is 1. The van der Waals surface area contributed by atoms with Gasteiger partial charge in [0.25, 0.3) is 0 Å². The van der Waals surface area contributed by atoms with Gasteiger partial charge >= 0.3 is 0 Å². The number of hydrogen-bond donors (Lipinski definition) is 1. The van der Waals surface area contributed by atoms with Crippen LogP contribution in [0.3, 0.4) is 0 Å². The van der Waals surface area contributed by atoms with E-state index >= 15 is 0 Å². The monoisotopic (exact) mass is 490 g/mol. The molecule has 0 spiro atoms. The third kappa shape index (κ3) is 4.97. The predicted molar refractivity (Wildman–Crippen MR) is 115 cm³/mol. The molecule has 0 atom stereocenters. The molecule has 1 heterocycles. The lowest BCUT2D eigenvalue weighted by Gasteiger charge is -2.31. The molecule has 1 saturated heterocycles. The summed E-state index contributed by atoms with van der Waals surface area (Å²) in [6.07, 6.45) is 0.568. The first kappa shape index (κ1) is 23.0. The number of halogens is 2. The van der Waals surface area contributed by atoms with Gasteiger partial charge in [-0.05, 0) is 37.1 Å². The number of hydrogen-bond acceptors (Lipinski definition) is 5. The normalized spacial score (nSPS) is 15.9. The number of sulfone groups is 1. The smallest absolute Gasteiger partial charge is 0.244 e. The van der Waals surface area contributed by atoms with Gasteiger partial charge in [0.1, 0.15) is 4.90 Å². The van der Waals surface area contributed by atoms with Gasteiger partial charge in [0.05, 0.1) is 26.7 Å². The highest BCUT2D eigenvalue weighted by Crippen LogP contribution is 2.29. The summed E-state index contributed by atoms with van der Waals surface area (Å²) in [6.45, 7) is -0.0196. The second-order valence-electron chi connectivity index (χ2n) is 6.81. The third-order valence-electron chi connectivity index (χ3n) is 4.91. The van der Waals surface area contributed by atoms with Crippen molar-refractivity contribution in [3.63, 3.8) is 0 Å². The van der Waals surface area contributed by atoms with Crippen LogP contribution in [0.25, 0.3) is 0 Å². The van der Waals surface area contributed by atoms with Crippen LogP contribution in [-0.2, 0) is 24.7 Å². The second-order valence-corrected chi connectivity index (χ2v) is 11.6. The molecule has 2 aromatic carbocycles. The van der Waals surface area contributed by atoms with Crippen LogP contribution in [-0.4, -0.2) is 52.5 Å². The molecule has 11 heteroatoms. The predicted octanol–water partition coefficient (Wildman–Crippen LogP) is 2.74. The third-order valence-corrected chi connectivity index (χ3v) is 9.54. The SMILES string of the molecule is O=C(CNS(=O)(=O)c1c(Cl)cccc1Cl)N1CCC(S(=O)(=O)c2ccccc2)CC1. The number of nitrogens with zero attached hydrogens (tertiary/aromatic N) is 1. The molecule has 1 aliphatic rings. The van der Waals surface area contributed by atoms with Crippen molar-refractivity contribution in [1.82, 2.24) is 9.62 Å². The molecule has 162 valence electrons. The van der Waals surface area contributed by atoms with Crippen molar-refractivity contribution < 1.29 is 21.6 Å². The first-order chi connectivity index (χ1) is 14.1. The topological polar surface area (TPSA) is 101 Å². The molecule has 0 aliphatic carbocycles. The average molecular weight is 491 g/mol. The quantitative estimate of drug-likeness (QED) is 0.670. The van der Waals surface area contributed by atoms with Crippen molar-refractivity contribution in [1.29, 1.82) is 0 Å². The van der Waals surface area contributed by atoms with Gasteiger partial charge in [0.15, 0.2) is 9.84 Å². The second kappa shape index (κ2) is 9.23. The maximum atomic E-state index is 12.7. The Balaban J connectivity index is 1.60. The Morgan fingerprint density at radius 1 is 0.933 bits per heavy atom. The van der Waals surface area contributed by atoms with Crippen LogP contribution in [0.1, 0.15) is 12.8 Å². The Bertz CT molecular complexity index is 1110. The standard InChI is InChI=1S/C19H20Cl2N2O5S2/c20-16-7-4-8-17(21)19(16)30(27,28)22-13-18(24)23-11-9-15(10-12-23)29(25,26)14-5-2-1-3-6-14/h1-8,15,22H,9-13H2. The summed E-state index contributed by atoms with van der Waals surface area (Å²) in [6, 6.07) is 12.5. The molecule has 0 radical (unpaired) electrons. The Morgan fingerprint density at radius 2 is 1.50 bits per heavy atom. The van der Waals surface area contributed by atoms with Crippen LogP contribution in [0.4, 0.5) is 0 Å². The highest BCUT2D eigenvalue weighted by molar-refractivity contribution is 7.92. The number of carbonyl (C=O) groups is 1. The Morgan fingerprint density at radius 3 is 2.07 bits per heavy atom. The summed E-state index contributed by atoms with van der Waals surface area (Å²) < 4.78 is 52.6. The minimum absolute atomic E-state index is 0.0469. The largest absolute Gasteiger partial charge is 0.341 e. The van der Waals surface area contributed by atoms with Crippen LogP contribution < -0.4 is 4.72 Å². The van der Waals surface area contributed by atoms with E-state index in [0.717, 1.165) is 0 Å². The van der Waals surface area contributed by atoms with Crippen LogP contribution in [0, 0.1) is 0 Å². The number of nitrogens with one attached hydrogen (secondary N) is 1. The van der Waals surface area contributed by atoms with Crippen LogP contribution in [0.2, 0.25) is 10.0 Å². The first-order valence-electron chi connectivity index (χ1n) is 9.13. The fourth-order valence-electron chi connectivity index (χ4n) is 3.30. The molecule has 1 aliphatic heterocycles. The molecule has 3 rings (SSSR count). The molecule has 7 nitrogen and oxygen atoms in total. The molecule has 0 saturated carbocycles. The Hall–Kier alpha value is -1.65. The van der Waals surface area contributed by atoms with E-state index in [1.807, 2.05) is 0 Å². The van der Waals surface area contributed by atoms with E-state index in [9.17, 15) is 21.6 Å². The number of piperidine rings is 1. The maximum Gasteiger partial charge on any atom is 0.244 e. The molecular formula is C19H20Cl2N2O5S2. The molecule has 0 unspecified atom stereocenters. The Kier molecular flexibility index (Phi) is 7.09. The average Bonchev–Trinajstić information content (AvgIpc) is 2.72. The zero-order valence-electron chi connectivity index (χ0n) is 15.8. The zero-order valence-corrected chi connectivity index (χ0v) is 18.9. The maximum absolute atomic E-state index is 12.7. The molecule has 30 heavy (non-hydrogen) atoms. The van der Waals surface area contributed by atoms with E-state index in [1.54, 1.807) is 30.3 Å². The molecule has 1 N–H and O–H groups in total. The van der Waals surface area contributed by atoms with E-state index in [-0.39, 0.29) is 45.8 Å². The van der Waals surface area contributed by atoms with E-state index in [0.29, 0.717) is 0 Å². The van der Waals surface area contributed by atoms with Crippen molar-refractivity contribution in [2.75, 3.05) is 19.6 Å². The van der Waals surface area contributed by atoms with Crippen LogP contribution in [0.15, 0.2) is 58.3 Å². The van der Waals surface area contributed by atoms with Crippen molar-refractivity contribution in [2.24, 2.45) is 0 Å². The van der Waals surface area contributed by atoms with Crippen molar-refractivity contribution in [3.8, 4) is 0 Å². The number of likely N-dealkylation sites (tertiary alicyclic amines) is 1. The molecular weight excluding hydrogens is 471 g/mol. The lowest BCUT2D eigenvalue weighted by Crippen LogP contribution is -2.46. The minimum atomic E-state index is -4.08. The molecule has 0 bridgehead atoms. The summed E-state index contributed by atoms with van der Waals surface area (Å²) >= 11 is 11.9. The van der Waals surface area contributed by atoms with Gasteiger partial charge in [-0.3, -0.25) is 4.79 Å². The highest BCUT2D eigenvalue weighted by atomic mass is 35.5. The summed E-state index contributed by atoms with van der Waals surface area (Å²) in [5.74, 6) is -0.447. The van der Waals surface area contributed by atoms with E-state index in [4.69, 9.17) is 23.2 Å². The van der Waals surface area contributed by atoms with Crippen molar-refractivity contribution in [2.45, 2.75) is 27.9 Å². The van der Waals surface area contributed by atoms with Gasteiger partial charge < -0.3 is 4.90 Å². The van der Waals surface area contributed by atoms with Gasteiger partial charge in [-0.25, -0.2) is 21.6 Å². The summed E-state index contributed by atoms with van der Waals surface area (Å²) in [5.41, 5.74) is 0.